The quantitative estimate of drug-likeness (QED) is 0.590. The van der Waals surface area contributed by atoms with E-state index in [1.165, 1.54) is 7.11 Å². The molecule has 0 N–H and O–H groups in total. The van der Waals surface area contributed by atoms with Gasteiger partial charge in [-0.05, 0) is 6.92 Å². The van der Waals surface area contributed by atoms with Crippen LogP contribution in [-0.4, -0.2) is 25.7 Å². The molecule has 0 fully saturated rings. The van der Waals surface area contributed by atoms with Crippen molar-refractivity contribution in [3.05, 3.63) is 0 Å². The monoisotopic (exact) mass is 174 g/mol. The van der Waals surface area contributed by atoms with Gasteiger partial charge in [-0.15, -0.1) is 0 Å². The third kappa shape index (κ3) is 3.95. The van der Waals surface area contributed by atoms with Gasteiger partial charge in [0.2, 0.25) is 0 Å². The van der Waals surface area contributed by atoms with E-state index in [1.807, 2.05) is 0 Å². The third-order valence-electron chi connectivity index (χ3n) is 1.39. The van der Waals surface area contributed by atoms with Crippen molar-refractivity contribution in [3.8, 4) is 0 Å². The van der Waals surface area contributed by atoms with Crippen LogP contribution in [0.4, 0.5) is 0 Å². The fourth-order valence-electron chi connectivity index (χ4n) is 0.701. The van der Waals surface area contributed by atoms with E-state index >= 15 is 0 Å². The predicted molar refractivity (Wildman–Crippen MR) is 42.4 cm³/mol. The van der Waals surface area contributed by atoms with Crippen molar-refractivity contribution in [2.45, 2.75) is 20.3 Å². The van der Waals surface area contributed by atoms with Gasteiger partial charge < -0.3 is 9.47 Å². The smallest absolute Gasteiger partial charge is 0.309 e. The summed E-state index contributed by atoms with van der Waals surface area (Å²) in [5.41, 5.74) is 0. The highest BCUT2D eigenvalue weighted by molar-refractivity contribution is 5.79. The number of hydrogen-bond donors (Lipinski definition) is 0. The largest absolute Gasteiger partial charge is 0.469 e. The summed E-state index contributed by atoms with van der Waals surface area (Å²) in [4.78, 5) is 21.7. The second kappa shape index (κ2) is 5.57. The summed E-state index contributed by atoms with van der Waals surface area (Å²) < 4.78 is 9.10. The Morgan fingerprint density at radius 1 is 1.42 bits per heavy atom. The van der Waals surface area contributed by atoms with Crippen molar-refractivity contribution < 1.29 is 19.1 Å². The minimum atomic E-state index is -0.419. The Kier molecular flexibility index (Phi) is 5.08. The van der Waals surface area contributed by atoms with E-state index in [-0.39, 0.29) is 12.4 Å². The first-order chi connectivity index (χ1) is 5.61. The second-order valence-corrected chi connectivity index (χ2v) is 2.43. The molecule has 0 aliphatic carbocycles. The van der Waals surface area contributed by atoms with E-state index in [1.54, 1.807) is 13.8 Å². The van der Waals surface area contributed by atoms with Crippen LogP contribution < -0.4 is 0 Å². The molecule has 0 saturated carbocycles. The van der Waals surface area contributed by atoms with Gasteiger partial charge in [-0.1, -0.05) is 6.92 Å². The van der Waals surface area contributed by atoms with E-state index in [0.717, 1.165) is 0 Å². The lowest BCUT2D eigenvalue weighted by Crippen LogP contribution is -2.18. The van der Waals surface area contributed by atoms with Gasteiger partial charge in [-0.2, -0.15) is 0 Å². The number of hydrogen-bond acceptors (Lipinski definition) is 4. The van der Waals surface area contributed by atoms with E-state index in [0.29, 0.717) is 6.61 Å². The van der Waals surface area contributed by atoms with Crippen LogP contribution in [0.3, 0.4) is 0 Å². The lowest BCUT2D eigenvalue weighted by atomic mass is 10.1. The Labute approximate surface area is 71.8 Å². The average Bonchev–Trinajstić information content (AvgIpc) is 2.04. The summed E-state index contributed by atoms with van der Waals surface area (Å²) >= 11 is 0. The number of carbonyl (C=O) groups is 2. The molecule has 4 nitrogen and oxygen atoms in total. The van der Waals surface area contributed by atoms with E-state index < -0.39 is 11.9 Å². The molecule has 0 aliphatic rings. The van der Waals surface area contributed by atoms with Crippen molar-refractivity contribution in [1.82, 2.24) is 0 Å². The fraction of sp³-hybridized carbons (Fsp3) is 0.750. The maximum Gasteiger partial charge on any atom is 0.309 e. The molecule has 0 unspecified atom stereocenters. The molecule has 4 heteroatoms. The molecule has 0 heterocycles. The number of ether oxygens (including phenoxy) is 2. The van der Waals surface area contributed by atoms with Gasteiger partial charge in [-0.25, -0.2) is 0 Å². The average molecular weight is 174 g/mol. The zero-order chi connectivity index (χ0) is 9.56. The van der Waals surface area contributed by atoms with Gasteiger partial charge in [0.15, 0.2) is 0 Å². The van der Waals surface area contributed by atoms with Crippen LogP contribution in [0.25, 0.3) is 0 Å². The highest BCUT2D eigenvalue weighted by atomic mass is 16.5. The molecule has 1 atom stereocenters. The molecular weight excluding hydrogens is 160 g/mol. The molecule has 70 valence electrons. The van der Waals surface area contributed by atoms with Crippen LogP contribution >= 0.6 is 0 Å². The Morgan fingerprint density at radius 3 is 2.42 bits per heavy atom. The third-order valence-corrected chi connectivity index (χ3v) is 1.39. The molecule has 0 spiro atoms. The molecule has 0 radical (unpaired) electrons. The first kappa shape index (κ1) is 10.9. The molecule has 0 aromatic heterocycles. The van der Waals surface area contributed by atoms with Crippen LogP contribution in [0.1, 0.15) is 20.3 Å². The van der Waals surface area contributed by atoms with Gasteiger partial charge in [0.1, 0.15) is 0 Å². The summed E-state index contributed by atoms with van der Waals surface area (Å²) in [7, 11) is 1.29. The van der Waals surface area contributed by atoms with Crippen molar-refractivity contribution in [2.24, 2.45) is 5.92 Å². The van der Waals surface area contributed by atoms with Gasteiger partial charge >= 0.3 is 11.9 Å². The predicted octanol–water partition coefficient (Wildman–Crippen LogP) is 0.749. The highest BCUT2D eigenvalue weighted by Crippen LogP contribution is 2.05. The zero-order valence-corrected chi connectivity index (χ0v) is 7.62. The Morgan fingerprint density at radius 2 is 2.00 bits per heavy atom. The molecule has 0 bridgehead atoms. The van der Waals surface area contributed by atoms with E-state index in [4.69, 9.17) is 4.74 Å². The zero-order valence-electron chi connectivity index (χ0n) is 7.62. The van der Waals surface area contributed by atoms with Crippen LogP contribution in [0.15, 0.2) is 0 Å². The lowest BCUT2D eigenvalue weighted by molar-refractivity contribution is -0.153. The lowest BCUT2D eigenvalue weighted by Gasteiger charge is -2.07. The molecule has 0 aromatic rings. The van der Waals surface area contributed by atoms with Crippen molar-refractivity contribution in [1.29, 1.82) is 0 Å². The molecule has 0 amide bonds. The summed E-state index contributed by atoms with van der Waals surface area (Å²) in [5.74, 6) is -1.17. The molecule has 0 aromatic carbocycles. The minimum absolute atomic E-state index is 0.0787. The summed E-state index contributed by atoms with van der Waals surface area (Å²) in [6.45, 7) is 3.70. The molecule has 0 aliphatic heterocycles. The maximum atomic E-state index is 11.0. The Bertz CT molecular complexity index is 164. The number of carbonyl (C=O) groups excluding carboxylic acids is 2. The first-order valence-electron chi connectivity index (χ1n) is 3.85. The van der Waals surface area contributed by atoms with Gasteiger partial charge in [0, 0.05) is 0 Å². The highest BCUT2D eigenvalue weighted by Gasteiger charge is 2.17. The fourth-order valence-corrected chi connectivity index (χ4v) is 0.701. The van der Waals surface area contributed by atoms with E-state index in [9.17, 15) is 9.59 Å². The topological polar surface area (TPSA) is 52.6 Å². The van der Waals surface area contributed by atoms with Gasteiger partial charge in [0.25, 0.3) is 0 Å². The van der Waals surface area contributed by atoms with Crippen LogP contribution in [0, 0.1) is 5.92 Å². The normalized spacial score (nSPS) is 11.9. The molecule has 0 saturated heterocycles. The van der Waals surface area contributed by atoms with Crippen LogP contribution in [-0.2, 0) is 19.1 Å². The van der Waals surface area contributed by atoms with Crippen LogP contribution in [0.5, 0.6) is 0 Å². The number of esters is 2. The molecule has 0 rings (SSSR count). The summed E-state index contributed by atoms with van der Waals surface area (Å²) in [6.07, 6.45) is 0.0787. The summed E-state index contributed by atoms with van der Waals surface area (Å²) in [5, 5.41) is 0. The van der Waals surface area contributed by atoms with Crippen molar-refractivity contribution >= 4 is 11.9 Å². The van der Waals surface area contributed by atoms with Crippen molar-refractivity contribution in [2.75, 3.05) is 13.7 Å². The standard InChI is InChI=1S/C8H14O4/c1-4-12-8(10)6(2)5-7(9)11-3/h6H,4-5H2,1-3H3/t6-/m1/s1. The first-order valence-corrected chi connectivity index (χ1v) is 3.85. The van der Waals surface area contributed by atoms with Crippen LogP contribution in [0.2, 0.25) is 0 Å². The minimum Gasteiger partial charge on any atom is -0.469 e. The van der Waals surface area contributed by atoms with E-state index in [2.05, 4.69) is 4.74 Å². The SMILES string of the molecule is CCOC(=O)[C@H](C)CC(=O)OC. The van der Waals surface area contributed by atoms with Gasteiger partial charge in [0.05, 0.1) is 26.1 Å². The Balaban J connectivity index is 3.78. The van der Waals surface area contributed by atoms with Gasteiger partial charge in [-0.3, -0.25) is 9.59 Å². The second-order valence-electron chi connectivity index (χ2n) is 2.43. The molecule has 12 heavy (non-hydrogen) atoms. The number of methoxy groups -OCH3 is 1. The Hall–Kier alpha value is -1.06. The maximum absolute atomic E-state index is 11.0. The number of rotatable bonds is 4. The van der Waals surface area contributed by atoms with Crippen molar-refractivity contribution in [3.63, 3.8) is 0 Å². The summed E-state index contributed by atoms with van der Waals surface area (Å²) in [6, 6.07) is 0. The molecular formula is C8H14O4.